The molecule has 2 aromatic carbocycles. The van der Waals surface area contributed by atoms with Gasteiger partial charge < -0.3 is 11.1 Å². The van der Waals surface area contributed by atoms with E-state index in [1.165, 1.54) is 11.8 Å². The summed E-state index contributed by atoms with van der Waals surface area (Å²) in [5, 5.41) is 11.7. The largest absolute Gasteiger partial charge is 0.368 e. The zero-order valence-corrected chi connectivity index (χ0v) is 16.5. The molecule has 0 fully saturated rings. The average Bonchev–Trinajstić information content (AvgIpc) is 3.04. The third-order valence-electron chi connectivity index (χ3n) is 3.97. The Morgan fingerprint density at radius 1 is 1.07 bits per heavy atom. The fourth-order valence-corrected chi connectivity index (χ4v) is 3.39. The van der Waals surface area contributed by atoms with E-state index in [1.54, 1.807) is 4.57 Å². The number of nitrogens with zero attached hydrogens (tertiary/aromatic N) is 3. The summed E-state index contributed by atoms with van der Waals surface area (Å²) in [4.78, 5) is 23.8. The van der Waals surface area contributed by atoms with Crippen LogP contribution in [0.2, 0.25) is 0 Å². The lowest BCUT2D eigenvalue weighted by atomic mass is 10.1. The minimum Gasteiger partial charge on any atom is -0.368 e. The SMILES string of the molecule is Cc1ccc(NC(=O)CSc2nnc(-c3cccc(C)c3)n2CC(N)=O)cc1. The third-order valence-corrected chi connectivity index (χ3v) is 4.94. The Labute approximate surface area is 167 Å². The summed E-state index contributed by atoms with van der Waals surface area (Å²) in [7, 11) is 0. The zero-order valence-electron chi connectivity index (χ0n) is 15.7. The maximum atomic E-state index is 12.2. The standard InChI is InChI=1S/C20H21N5O2S/c1-13-6-8-16(9-7-13)22-18(27)12-28-20-24-23-19(25(20)11-17(21)26)15-5-3-4-14(2)10-15/h3-10H,11-12H2,1-2H3,(H2,21,26)(H,22,27). The summed E-state index contributed by atoms with van der Waals surface area (Å²) in [6.07, 6.45) is 0. The van der Waals surface area contributed by atoms with E-state index in [1.807, 2.05) is 62.4 Å². The summed E-state index contributed by atoms with van der Waals surface area (Å²) in [5.74, 6) is 0.0154. The van der Waals surface area contributed by atoms with Crippen molar-refractivity contribution in [2.75, 3.05) is 11.1 Å². The fourth-order valence-electron chi connectivity index (χ4n) is 2.66. The monoisotopic (exact) mass is 395 g/mol. The molecule has 1 heterocycles. The number of thioether (sulfide) groups is 1. The van der Waals surface area contributed by atoms with Crippen LogP contribution in [0.4, 0.5) is 5.69 Å². The number of aryl methyl sites for hydroxylation is 2. The van der Waals surface area contributed by atoms with Crippen LogP contribution in [0.15, 0.2) is 53.7 Å². The fraction of sp³-hybridized carbons (Fsp3) is 0.200. The Hall–Kier alpha value is -3.13. The molecule has 0 aliphatic heterocycles. The van der Waals surface area contributed by atoms with Crippen LogP contribution in [0.1, 0.15) is 11.1 Å². The molecule has 0 radical (unpaired) electrons. The van der Waals surface area contributed by atoms with Gasteiger partial charge in [-0.15, -0.1) is 10.2 Å². The smallest absolute Gasteiger partial charge is 0.237 e. The van der Waals surface area contributed by atoms with Crippen LogP contribution in [0.3, 0.4) is 0 Å². The maximum Gasteiger partial charge on any atom is 0.237 e. The highest BCUT2D eigenvalue weighted by molar-refractivity contribution is 7.99. The van der Waals surface area contributed by atoms with E-state index in [2.05, 4.69) is 15.5 Å². The Kier molecular flexibility index (Phi) is 6.10. The van der Waals surface area contributed by atoms with Crippen molar-refractivity contribution in [1.82, 2.24) is 14.8 Å². The molecule has 0 saturated carbocycles. The third kappa shape index (κ3) is 4.98. The Morgan fingerprint density at radius 2 is 1.82 bits per heavy atom. The van der Waals surface area contributed by atoms with Crippen LogP contribution >= 0.6 is 11.8 Å². The van der Waals surface area contributed by atoms with Gasteiger partial charge in [-0.2, -0.15) is 0 Å². The second-order valence-electron chi connectivity index (χ2n) is 6.43. The number of anilines is 1. The molecule has 0 bridgehead atoms. The first-order valence-electron chi connectivity index (χ1n) is 8.70. The van der Waals surface area contributed by atoms with Crippen molar-refractivity contribution in [3.8, 4) is 11.4 Å². The molecule has 3 N–H and O–H groups in total. The van der Waals surface area contributed by atoms with Crippen molar-refractivity contribution in [2.45, 2.75) is 25.5 Å². The summed E-state index contributed by atoms with van der Waals surface area (Å²) < 4.78 is 1.64. The van der Waals surface area contributed by atoms with Gasteiger partial charge in [-0.05, 0) is 32.0 Å². The lowest BCUT2D eigenvalue weighted by Crippen LogP contribution is -2.20. The topological polar surface area (TPSA) is 103 Å². The van der Waals surface area contributed by atoms with E-state index in [4.69, 9.17) is 5.73 Å². The summed E-state index contributed by atoms with van der Waals surface area (Å²) in [6, 6.07) is 15.3. The van der Waals surface area contributed by atoms with Gasteiger partial charge in [0.2, 0.25) is 11.8 Å². The van der Waals surface area contributed by atoms with Gasteiger partial charge in [0.15, 0.2) is 11.0 Å². The molecule has 1 aromatic heterocycles. The highest BCUT2D eigenvalue weighted by Crippen LogP contribution is 2.24. The summed E-state index contributed by atoms with van der Waals surface area (Å²) >= 11 is 1.21. The van der Waals surface area contributed by atoms with Gasteiger partial charge >= 0.3 is 0 Å². The summed E-state index contributed by atoms with van der Waals surface area (Å²) in [5.41, 5.74) is 9.15. The molecule has 8 heteroatoms. The van der Waals surface area contributed by atoms with E-state index in [9.17, 15) is 9.59 Å². The first-order valence-corrected chi connectivity index (χ1v) is 9.69. The number of carbonyl (C=O) groups is 2. The molecule has 28 heavy (non-hydrogen) atoms. The average molecular weight is 395 g/mol. The second-order valence-corrected chi connectivity index (χ2v) is 7.37. The highest BCUT2D eigenvalue weighted by atomic mass is 32.2. The van der Waals surface area contributed by atoms with Gasteiger partial charge in [-0.25, -0.2) is 0 Å². The van der Waals surface area contributed by atoms with Gasteiger partial charge in [-0.1, -0.05) is 53.2 Å². The molecule has 3 aromatic rings. The molecule has 3 rings (SSSR count). The molecule has 0 spiro atoms. The molecule has 0 aliphatic rings. The summed E-state index contributed by atoms with van der Waals surface area (Å²) in [6.45, 7) is 3.90. The molecular formula is C20H21N5O2S. The molecule has 0 atom stereocenters. The highest BCUT2D eigenvalue weighted by Gasteiger charge is 2.17. The van der Waals surface area contributed by atoms with E-state index < -0.39 is 5.91 Å². The number of nitrogens with one attached hydrogen (secondary N) is 1. The van der Waals surface area contributed by atoms with Crippen molar-refractivity contribution >= 4 is 29.3 Å². The molecule has 7 nitrogen and oxygen atoms in total. The van der Waals surface area contributed by atoms with E-state index in [0.29, 0.717) is 11.0 Å². The number of amides is 2. The minimum atomic E-state index is -0.500. The number of rotatable bonds is 7. The first-order chi connectivity index (χ1) is 13.4. The molecule has 0 saturated heterocycles. The number of primary amides is 1. The maximum absolute atomic E-state index is 12.2. The van der Waals surface area contributed by atoms with Crippen LogP contribution in [-0.4, -0.2) is 32.3 Å². The molecule has 2 amide bonds. The number of hydrogen-bond acceptors (Lipinski definition) is 5. The van der Waals surface area contributed by atoms with Crippen molar-refractivity contribution in [2.24, 2.45) is 5.73 Å². The predicted octanol–water partition coefficient (Wildman–Crippen LogP) is 2.78. The minimum absolute atomic E-state index is 0.0574. The van der Waals surface area contributed by atoms with Gasteiger partial charge in [0.25, 0.3) is 0 Å². The molecule has 144 valence electrons. The lowest BCUT2D eigenvalue weighted by molar-refractivity contribution is -0.118. The Bertz CT molecular complexity index is 998. The quantitative estimate of drug-likeness (QED) is 0.599. The zero-order chi connectivity index (χ0) is 20.1. The number of benzene rings is 2. The van der Waals surface area contributed by atoms with Crippen molar-refractivity contribution in [1.29, 1.82) is 0 Å². The van der Waals surface area contributed by atoms with Crippen LogP contribution in [-0.2, 0) is 16.1 Å². The van der Waals surface area contributed by atoms with Gasteiger partial charge in [0.05, 0.1) is 5.75 Å². The lowest BCUT2D eigenvalue weighted by Gasteiger charge is -2.09. The van der Waals surface area contributed by atoms with Crippen LogP contribution in [0.25, 0.3) is 11.4 Å². The van der Waals surface area contributed by atoms with E-state index >= 15 is 0 Å². The van der Waals surface area contributed by atoms with Crippen LogP contribution in [0.5, 0.6) is 0 Å². The number of carbonyl (C=O) groups excluding carboxylic acids is 2. The Morgan fingerprint density at radius 3 is 2.50 bits per heavy atom. The van der Waals surface area contributed by atoms with E-state index in [-0.39, 0.29) is 18.2 Å². The van der Waals surface area contributed by atoms with Gasteiger partial charge in [0, 0.05) is 11.3 Å². The Balaban J connectivity index is 1.75. The molecule has 0 unspecified atom stereocenters. The van der Waals surface area contributed by atoms with Crippen molar-refractivity contribution in [3.05, 3.63) is 59.7 Å². The van der Waals surface area contributed by atoms with Crippen molar-refractivity contribution < 1.29 is 9.59 Å². The normalized spacial score (nSPS) is 10.6. The number of aromatic nitrogens is 3. The molecule has 0 aliphatic carbocycles. The first kappa shape index (κ1) is 19.6. The number of hydrogen-bond donors (Lipinski definition) is 2. The van der Waals surface area contributed by atoms with Gasteiger partial charge in [-0.3, -0.25) is 14.2 Å². The van der Waals surface area contributed by atoms with Gasteiger partial charge in [0.1, 0.15) is 6.54 Å². The molecular weight excluding hydrogens is 374 g/mol. The van der Waals surface area contributed by atoms with Crippen LogP contribution < -0.4 is 11.1 Å². The van der Waals surface area contributed by atoms with Crippen molar-refractivity contribution in [3.63, 3.8) is 0 Å². The predicted molar refractivity (Wildman–Crippen MR) is 110 cm³/mol. The second kappa shape index (κ2) is 8.71. The van der Waals surface area contributed by atoms with Crippen LogP contribution in [0, 0.1) is 13.8 Å². The van der Waals surface area contributed by atoms with E-state index in [0.717, 1.165) is 22.4 Å². The number of nitrogens with two attached hydrogens (primary N) is 1.